The summed E-state index contributed by atoms with van der Waals surface area (Å²) in [5.41, 5.74) is 2.64. The highest BCUT2D eigenvalue weighted by Crippen LogP contribution is 2.38. The van der Waals surface area contributed by atoms with Gasteiger partial charge in [-0.2, -0.15) is 0 Å². The van der Waals surface area contributed by atoms with Gasteiger partial charge in [0.25, 0.3) is 0 Å². The third-order valence-corrected chi connectivity index (χ3v) is 7.42. The predicted octanol–water partition coefficient (Wildman–Crippen LogP) is 3.54. The minimum absolute atomic E-state index is 0.555. The van der Waals surface area contributed by atoms with Crippen LogP contribution in [0.25, 0.3) is 11.1 Å². The van der Waals surface area contributed by atoms with Crippen molar-refractivity contribution in [1.82, 2.24) is 0 Å². The zero-order valence-electron chi connectivity index (χ0n) is 11.8. The maximum Gasteiger partial charge on any atom is 0.165 e. The molecule has 0 aliphatic heterocycles. The topological polar surface area (TPSA) is 54.4 Å². The van der Waals surface area contributed by atoms with E-state index in [2.05, 4.69) is 15.9 Å². The largest absolute Gasteiger partial charge is 0.386 e. The van der Waals surface area contributed by atoms with Crippen molar-refractivity contribution in [3.05, 3.63) is 60.2 Å². The molecule has 112 valence electrons. The van der Waals surface area contributed by atoms with Crippen molar-refractivity contribution >= 4 is 25.8 Å². The molecule has 0 radical (unpaired) electrons. The molecule has 1 N–H and O–H groups in total. The van der Waals surface area contributed by atoms with E-state index >= 15 is 0 Å². The van der Waals surface area contributed by atoms with Gasteiger partial charge in [0.15, 0.2) is 13.5 Å². The number of alkyl halides is 1. The van der Waals surface area contributed by atoms with Crippen LogP contribution < -0.4 is 0 Å². The van der Waals surface area contributed by atoms with Crippen LogP contribution in [0.1, 0.15) is 18.6 Å². The van der Waals surface area contributed by atoms with E-state index in [0.717, 1.165) is 17.4 Å². The first-order valence-electron chi connectivity index (χ1n) is 6.45. The van der Waals surface area contributed by atoms with Crippen molar-refractivity contribution in [2.45, 2.75) is 16.7 Å². The summed E-state index contributed by atoms with van der Waals surface area (Å²) in [5.74, 6) is 0. The maximum absolute atomic E-state index is 11.7. The van der Waals surface area contributed by atoms with Crippen molar-refractivity contribution < 1.29 is 13.5 Å². The number of hydrogen-bond donors (Lipinski definition) is 1. The van der Waals surface area contributed by atoms with Crippen LogP contribution >= 0.6 is 15.9 Å². The molecular weight excluding hydrogens is 352 g/mol. The number of rotatable bonds is 4. The maximum atomic E-state index is 11.7. The number of aliphatic hydroxyl groups is 1. The van der Waals surface area contributed by atoms with Gasteiger partial charge in [-0.15, -0.1) is 0 Å². The lowest BCUT2D eigenvalue weighted by molar-refractivity contribution is 0.168. The fourth-order valence-electron chi connectivity index (χ4n) is 1.99. The summed E-state index contributed by atoms with van der Waals surface area (Å²) < 4.78 is 22.1. The molecule has 2 aromatic rings. The summed E-state index contributed by atoms with van der Waals surface area (Å²) in [5, 5.41) is 10.3. The predicted molar refractivity (Wildman–Crippen MR) is 89.0 cm³/mol. The van der Waals surface area contributed by atoms with Gasteiger partial charge in [-0.05, 0) is 23.6 Å². The Morgan fingerprint density at radius 2 is 1.48 bits per heavy atom. The van der Waals surface area contributed by atoms with Crippen molar-refractivity contribution in [2.75, 3.05) is 6.26 Å². The zero-order valence-corrected chi connectivity index (χ0v) is 14.2. The molecule has 2 aromatic carbocycles. The van der Waals surface area contributed by atoms with Gasteiger partial charge in [0.05, 0.1) is 0 Å². The lowest BCUT2D eigenvalue weighted by Crippen LogP contribution is -2.34. The van der Waals surface area contributed by atoms with Crippen molar-refractivity contribution in [3.8, 4) is 11.1 Å². The van der Waals surface area contributed by atoms with Crippen LogP contribution in [0, 0.1) is 0 Å². The Hall–Kier alpha value is -1.17. The number of aliphatic hydroxyl groups excluding tert-OH is 1. The molecule has 0 aliphatic carbocycles. The second-order valence-electron chi connectivity index (χ2n) is 5.15. The summed E-state index contributed by atoms with van der Waals surface area (Å²) in [6.07, 6.45) is -0.0409. The third kappa shape index (κ3) is 3.36. The van der Waals surface area contributed by atoms with Crippen LogP contribution in [0.4, 0.5) is 0 Å². The summed E-state index contributed by atoms with van der Waals surface area (Å²) in [7, 11) is -3.45. The quantitative estimate of drug-likeness (QED) is 0.839. The van der Waals surface area contributed by atoms with Gasteiger partial charge in [-0.3, -0.25) is 0 Å². The van der Waals surface area contributed by atoms with Crippen LogP contribution in [0.5, 0.6) is 0 Å². The fraction of sp³-hybridized carbons (Fsp3) is 0.250. The van der Waals surface area contributed by atoms with Crippen LogP contribution in [0.3, 0.4) is 0 Å². The molecule has 2 atom stereocenters. The molecule has 0 saturated carbocycles. The zero-order chi connectivity index (χ0) is 15.7. The van der Waals surface area contributed by atoms with E-state index in [0.29, 0.717) is 5.56 Å². The van der Waals surface area contributed by atoms with E-state index in [9.17, 15) is 13.5 Å². The Morgan fingerprint density at radius 1 is 1.00 bits per heavy atom. The van der Waals surface area contributed by atoms with Crippen LogP contribution in [-0.2, 0) is 9.84 Å². The van der Waals surface area contributed by atoms with Gasteiger partial charge in [0.2, 0.25) is 0 Å². The number of sulfone groups is 1. The van der Waals surface area contributed by atoms with E-state index in [1.165, 1.54) is 6.92 Å². The molecule has 0 spiro atoms. The van der Waals surface area contributed by atoms with Crippen molar-refractivity contribution in [1.29, 1.82) is 0 Å². The Bertz CT molecular complexity index is 707. The average Bonchev–Trinajstić information content (AvgIpc) is 2.46. The first kappa shape index (κ1) is 16.2. The van der Waals surface area contributed by atoms with E-state index < -0.39 is 19.6 Å². The normalized spacial score (nSPS) is 16.2. The highest BCUT2D eigenvalue weighted by molar-refractivity contribution is 9.11. The molecule has 21 heavy (non-hydrogen) atoms. The monoisotopic (exact) mass is 368 g/mol. The molecule has 0 fully saturated rings. The molecule has 0 saturated heterocycles. The minimum Gasteiger partial charge on any atom is -0.386 e. The molecule has 0 aromatic heterocycles. The Labute approximate surface area is 133 Å². The van der Waals surface area contributed by atoms with Crippen LogP contribution in [-0.4, -0.2) is 23.4 Å². The Kier molecular flexibility index (Phi) is 4.56. The lowest BCUT2D eigenvalue weighted by Gasteiger charge is -2.27. The minimum atomic E-state index is -3.45. The van der Waals surface area contributed by atoms with E-state index in [1.807, 2.05) is 42.5 Å². The molecular formula is C16H17BrO3S. The first-order chi connectivity index (χ1) is 9.73. The Morgan fingerprint density at radius 3 is 1.95 bits per heavy atom. The van der Waals surface area contributed by atoms with Crippen molar-refractivity contribution in [3.63, 3.8) is 0 Å². The van der Waals surface area contributed by atoms with Gasteiger partial charge in [-0.1, -0.05) is 70.5 Å². The van der Waals surface area contributed by atoms with E-state index in [-0.39, 0.29) is 0 Å². The fourth-order valence-corrected chi connectivity index (χ4v) is 2.79. The lowest BCUT2D eigenvalue weighted by atomic mass is 10.0. The molecule has 0 aliphatic rings. The Balaban J connectivity index is 2.32. The number of benzene rings is 2. The second-order valence-corrected chi connectivity index (χ2v) is 9.71. The standard InChI is InChI=1S/C16H17BrO3S/c1-16(17,21(2,19)20)15(18)14-10-8-13(9-11-14)12-6-4-3-5-7-12/h3-11,15,18H,1-2H3/t15-,16-/m0/s1. The molecule has 2 rings (SSSR count). The SMILES string of the molecule is C[C@@](Br)([C@@H](O)c1ccc(-c2ccccc2)cc1)S(C)(=O)=O. The summed E-state index contributed by atoms with van der Waals surface area (Å²) in [6, 6.07) is 17.1. The average molecular weight is 369 g/mol. The van der Waals surface area contributed by atoms with E-state index in [1.54, 1.807) is 12.1 Å². The first-order valence-corrected chi connectivity index (χ1v) is 9.14. The van der Waals surface area contributed by atoms with E-state index in [4.69, 9.17) is 0 Å². The smallest absolute Gasteiger partial charge is 0.165 e. The van der Waals surface area contributed by atoms with Gasteiger partial charge in [0.1, 0.15) is 6.10 Å². The third-order valence-electron chi connectivity index (χ3n) is 3.55. The molecule has 0 bridgehead atoms. The van der Waals surface area contributed by atoms with Gasteiger partial charge in [0, 0.05) is 6.26 Å². The van der Waals surface area contributed by atoms with Gasteiger partial charge in [-0.25, -0.2) is 8.42 Å². The van der Waals surface area contributed by atoms with Gasteiger partial charge < -0.3 is 5.11 Å². The molecule has 5 heteroatoms. The van der Waals surface area contributed by atoms with Gasteiger partial charge >= 0.3 is 0 Å². The summed E-state index contributed by atoms with van der Waals surface area (Å²) in [6.45, 7) is 1.46. The van der Waals surface area contributed by atoms with Crippen LogP contribution in [0.2, 0.25) is 0 Å². The molecule has 3 nitrogen and oxygen atoms in total. The summed E-state index contributed by atoms with van der Waals surface area (Å²) in [4.78, 5) is 0. The van der Waals surface area contributed by atoms with Crippen molar-refractivity contribution in [2.24, 2.45) is 0 Å². The second kappa shape index (κ2) is 5.91. The number of hydrogen-bond acceptors (Lipinski definition) is 3. The molecule has 0 unspecified atom stereocenters. The highest BCUT2D eigenvalue weighted by Gasteiger charge is 2.41. The summed E-state index contributed by atoms with van der Waals surface area (Å²) >= 11 is 3.13. The highest BCUT2D eigenvalue weighted by atomic mass is 79.9. The van der Waals surface area contributed by atoms with Crippen LogP contribution in [0.15, 0.2) is 54.6 Å². The molecule has 0 amide bonds. The number of halogens is 1. The molecule has 0 heterocycles.